The number of carbonyl (C=O) groups excluding carboxylic acids is 1. The number of hydrogen-bond acceptors (Lipinski definition) is 4. The predicted octanol–water partition coefficient (Wildman–Crippen LogP) is 2.82. The molecule has 0 spiro atoms. The third-order valence-corrected chi connectivity index (χ3v) is 4.77. The number of aliphatic imine (C=N–C) groups is 1. The lowest BCUT2D eigenvalue weighted by atomic mass is 10.0. The van der Waals surface area contributed by atoms with Gasteiger partial charge in [-0.3, -0.25) is 4.79 Å². The molecular weight excluding hydrogens is 495 g/mol. The molecule has 4 N–H and O–H groups in total. The lowest BCUT2D eigenvalue weighted by Crippen LogP contribution is -2.40. The molecule has 1 amide bonds. The topological polar surface area (TPSA) is 95.0 Å². The van der Waals surface area contributed by atoms with Crippen molar-refractivity contribution in [2.24, 2.45) is 10.9 Å². The van der Waals surface area contributed by atoms with Crippen LogP contribution < -0.4 is 20.7 Å². The van der Waals surface area contributed by atoms with Gasteiger partial charge in [-0.1, -0.05) is 25.5 Å². The summed E-state index contributed by atoms with van der Waals surface area (Å²) < 4.78 is 5.61. The van der Waals surface area contributed by atoms with Crippen molar-refractivity contribution in [2.75, 3.05) is 26.3 Å². The third kappa shape index (κ3) is 11.0. The maximum absolute atomic E-state index is 11.8. The second-order valence-electron chi connectivity index (χ2n) is 7.52. The number of aliphatic hydroxyl groups is 1. The average molecular weight is 532 g/mol. The van der Waals surface area contributed by atoms with Crippen molar-refractivity contribution in [3.63, 3.8) is 0 Å². The quantitative estimate of drug-likeness (QED) is 0.178. The molecule has 2 rings (SSSR count). The van der Waals surface area contributed by atoms with E-state index in [1.165, 1.54) is 0 Å². The zero-order valence-corrected chi connectivity index (χ0v) is 20.5. The van der Waals surface area contributed by atoms with E-state index >= 15 is 0 Å². The summed E-state index contributed by atoms with van der Waals surface area (Å²) >= 11 is 0. The van der Waals surface area contributed by atoms with E-state index < -0.39 is 0 Å². The number of halogens is 1. The maximum atomic E-state index is 11.8. The standard InChI is InChI=1S/C22H36N4O3.HI/c1-3-6-17(11-12-27)14-24-22(23-4-2)25-15-18-7-5-8-20(13-18)29-16-21(28)26-19-9-10-19;/h5,7-8,13,17,19,27H,3-4,6,9-12,14-16H2,1-2H3,(H,26,28)(H2,23,24,25);1H. The number of aliphatic hydroxyl groups excluding tert-OH is 1. The highest BCUT2D eigenvalue weighted by Gasteiger charge is 2.23. The second kappa shape index (κ2) is 15.3. The van der Waals surface area contributed by atoms with Crippen LogP contribution in [0.4, 0.5) is 0 Å². The summed E-state index contributed by atoms with van der Waals surface area (Å²) in [5.74, 6) is 1.81. The van der Waals surface area contributed by atoms with Gasteiger partial charge in [0.25, 0.3) is 5.91 Å². The van der Waals surface area contributed by atoms with Crippen LogP contribution in [0.3, 0.4) is 0 Å². The summed E-state index contributed by atoms with van der Waals surface area (Å²) in [7, 11) is 0. The van der Waals surface area contributed by atoms with E-state index in [2.05, 4.69) is 27.9 Å². The molecule has 0 bridgehead atoms. The van der Waals surface area contributed by atoms with E-state index in [4.69, 9.17) is 4.74 Å². The summed E-state index contributed by atoms with van der Waals surface area (Å²) in [5.41, 5.74) is 1.02. The van der Waals surface area contributed by atoms with Crippen molar-refractivity contribution < 1.29 is 14.6 Å². The number of amides is 1. The smallest absolute Gasteiger partial charge is 0.258 e. The van der Waals surface area contributed by atoms with E-state index in [0.29, 0.717) is 24.3 Å². The first-order valence-corrected chi connectivity index (χ1v) is 10.8. The molecule has 1 aliphatic rings. The molecular formula is C22H37IN4O3. The van der Waals surface area contributed by atoms with Gasteiger partial charge in [-0.15, -0.1) is 24.0 Å². The van der Waals surface area contributed by atoms with Gasteiger partial charge < -0.3 is 25.8 Å². The largest absolute Gasteiger partial charge is 0.484 e. The third-order valence-electron chi connectivity index (χ3n) is 4.77. The zero-order chi connectivity index (χ0) is 20.9. The van der Waals surface area contributed by atoms with Crippen LogP contribution >= 0.6 is 24.0 Å². The van der Waals surface area contributed by atoms with Crippen molar-refractivity contribution in [1.82, 2.24) is 16.0 Å². The van der Waals surface area contributed by atoms with Crippen molar-refractivity contribution in [2.45, 2.75) is 58.5 Å². The normalized spacial score (nSPS) is 14.4. The fraction of sp³-hybridized carbons (Fsp3) is 0.636. The number of hydrogen-bond donors (Lipinski definition) is 4. The highest BCUT2D eigenvalue weighted by molar-refractivity contribution is 14.0. The fourth-order valence-electron chi connectivity index (χ4n) is 3.07. The van der Waals surface area contributed by atoms with Crippen LogP contribution in [0, 0.1) is 5.92 Å². The molecule has 30 heavy (non-hydrogen) atoms. The highest BCUT2D eigenvalue weighted by atomic mass is 127. The Morgan fingerprint density at radius 3 is 2.73 bits per heavy atom. The molecule has 1 atom stereocenters. The Bertz CT molecular complexity index is 647. The van der Waals surface area contributed by atoms with Crippen LogP contribution in [-0.2, 0) is 11.3 Å². The molecule has 1 aromatic carbocycles. The Balaban J connectivity index is 0.00000450. The molecule has 170 valence electrons. The Labute approximate surface area is 197 Å². The van der Waals surface area contributed by atoms with Gasteiger partial charge in [-0.2, -0.15) is 0 Å². The Kier molecular flexibility index (Phi) is 13.5. The summed E-state index contributed by atoms with van der Waals surface area (Å²) in [6.07, 6.45) is 5.13. The first-order chi connectivity index (χ1) is 14.1. The van der Waals surface area contributed by atoms with Crippen LogP contribution in [0.15, 0.2) is 29.3 Å². The molecule has 0 heterocycles. The number of guanidine groups is 1. The van der Waals surface area contributed by atoms with Crippen molar-refractivity contribution in [1.29, 1.82) is 0 Å². The first kappa shape index (κ1) is 26.5. The van der Waals surface area contributed by atoms with Crippen LogP contribution in [0.1, 0.15) is 51.5 Å². The van der Waals surface area contributed by atoms with Gasteiger partial charge in [-0.05, 0) is 56.2 Å². The average Bonchev–Trinajstić information content (AvgIpc) is 3.53. The minimum atomic E-state index is -0.0703. The van der Waals surface area contributed by atoms with Crippen LogP contribution in [-0.4, -0.2) is 49.3 Å². The SMILES string of the molecule is CCCC(CCO)CNC(=NCc1cccc(OCC(=O)NC2CC2)c1)NCC.I. The molecule has 1 unspecified atom stereocenters. The van der Waals surface area contributed by atoms with Crippen LogP contribution in [0.25, 0.3) is 0 Å². The minimum absolute atomic E-state index is 0. The molecule has 1 saturated carbocycles. The number of ether oxygens (including phenoxy) is 1. The van der Waals surface area contributed by atoms with E-state index in [1.54, 1.807) is 0 Å². The zero-order valence-electron chi connectivity index (χ0n) is 18.2. The Morgan fingerprint density at radius 2 is 2.07 bits per heavy atom. The lowest BCUT2D eigenvalue weighted by Gasteiger charge is -2.18. The Hall–Kier alpha value is -1.55. The van der Waals surface area contributed by atoms with E-state index in [-0.39, 0.29) is 43.1 Å². The van der Waals surface area contributed by atoms with Crippen molar-refractivity contribution in [3.8, 4) is 5.75 Å². The summed E-state index contributed by atoms with van der Waals surface area (Å²) in [6, 6.07) is 8.03. The highest BCUT2D eigenvalue weighted by Crippen LogP contribution is 2.18. The molecule has 0 aliphatic heterocycles. The summed E-state index contributed by atoms with van der Waals surface area (Å²) in [4.78, 5) is 16.4. The van der Waals surface area contributed by atoms with Gasteiger partial charge >= 0.3 is 0 Å². The first-order valence-electron chi connectivity index (χ1n) is 10.8. The number of nitrogens with one attached hydrogen (secondary N) is 3. The predicted molar refractivity (Wildman–Crippen MR) is 131 cm³/mol. The lowest BCUT2D eigenvalue weighted by molar-refractivity contribution is -0.123. The number of benzene rings is 1. The van der Waals surface area contributed by atoms with Crippen LogP contribution in [0.2, 0.25) is 0 Å². The van der Waals surface area contributed by atoms with Gasteiger partial charge in [-0.25, -0.2) is 4.99 Å². The van der Waals surface area contributed by atoms with E-state index in [9.17, 15) is 9.90 Å². The van der Waals surface area contributed by atoms with Gasteiger partial charge in [0.15, 0.2) is 12.6 Å². The van der Waals surface area contributed by atoms with Crippen LogP contribution in [0.5, 0.6) is 5.75 Å². The number of carbonyl (C=O) groups is 1. The van der Waals surface area contributed by atoms with Crippen molar-refractivity contribution in [3.05, 3.63) is 29.8 Å². The molecule has 8 heteroatoms. The molecule has 1 aliphatic carbocycles. The summed E-state index contributed by atoms with van der Waals surface area (Å²) in [6.45, 7) is 6.54. The molecule has 0 radical (unpaired) electrons. The minimum Gasteiger partial charge on any atom is -0.484 e. The van der Waals surface area contributed by atoms with Gasteiger partial charge in [0.1, 0.15) is 5.75 Å². The number of rotatable bonds is 13. The van der Waals surface area contributed by atoms with Gasteiger partial charge in [0.2, 0.25) is 0 Å². The monoisotopic (exact) mass is 532 g/mol. The second-order valence-corrected chi connectivity index (χ2v) is 7.52. The van der Waals surface area contributed by atoms with E-state index in [0.717, 1.165) is 56.7 Å². The molecule has 0 aromatic heterocycles. The van der Waals surface area contributed by atoms with E-state index in [1.807, 2.05) is 31.2 Å². The molecule has 0 saturated heterocycles. The van der Waals surface area contributed by atoms with Gasteiger partial charge in [0.05, 0.1) is 6.54 Å². The Morgan fingerprint density at radius 1 is 1.27 bits per heavy atom. The number of nitrogens with zero attached hydrogens (tertiary/aromatic N) is 1. The molecule has 1 aromatic rings. The summed E-state index contributed by atoms with van der Waals surface area (Å²) in [5, 5.41) is 18.8. The maximum Gasteiger partial charge on any atom is 0.258 e. The fourth-order valence-corrected chi connectivity index (χ4v) is 3.07. The van der Waals surface area contributed by atoms with Crippen molar-refractivity contribution >= 4 is 35.8 Å². The molecule has 1 fully saturated rings. The molecule has 7 nitrogen and oxygen atoms in total. The van der Waals surface area contributed by atoms with Gasteiger partial charge in [0, 0.05) is 25.7 Å².